The van der Waals surface area contributed by atoms with Crippen LogP contribution in [0.2, 0.25) is 0 Å². The van der Waals surface area contributed by atoms with Crippen molar-refractivity contribution >= 4 is 39.1 Å². The minimum absolute atomic E-state index is 0.188. The van der Waals surface area contributed by atoms with Gasteiger partial charge in [0, 0.05) is 4.47 Å². The number of hydrogen-bond acceptors (Lipinski definition) is 4. The fourth-order valence-corrected chi connectivity index (χ4v) is 2.25. The number of oxime groups is 1. The molecule has 1 aromatic carbocycles. The second kappa shape index (κ2) is 5.79. The van der Waals surface area contributed by atoms with Crippen LogP contribution in [0.1, 0.15) is 15.2 Å². The third kappa shape index (κ3) is 3.18. The van der Waals surface area contributed by atoms with Gasteiger partial charge in [0.2, 0.25) is 0 Å². The van der Waals surface area contributed by atoms with Crippen molar-refractivity contribution < 1.29 is 9.63 Å². The summed E-state index contributed by atoms with van der Waals surface area (Å²) < 4.78 is 0.798. The third-order valence-corrected chi connectivity index (χ3v) is 3.45. The fraction of sp³-hybridized carbons (Fsp3) is 0. The zero-order chi connectivity index (χ0) is 13.0. The van der Waals surface area contributed by atoms with Crippen LogP contribution in [0.25, 0.3) is 0 Å². The van der Waals surface area contributed by atoms with E-state index in [1.54, 1.807) is 24.3 Å². The van der Waals surface area contributed by atoms with Gasteiger partial charge >= 0.3 is 5.97 Å². The van der Waals surface area contributed by atoms with Crippen molar-refractivity contribution in [2.75, 3.05) is 0 Å². The van der Waals surface area contributed by atoms with E-state index in [0.717, 1.165) is 9.35 Å². The predicted octanol–water partition coefficient (Wildman–Crippen LogP) is 2.99. The standard InChI is InChI=1S/C12H9BrN2O2S/c13-9-4-1-3-8(7-9)12(16)17-15-11(14)10-5-2-6-18-10/h1-7H,(H2,14,15). The summed E-state index contributed by atoms with van der Waals surface area (Å²) in [5.41, 5.74) is 6.08. The number of thiophene rings is 1. The Bertz CT molecular complexity index is 582. The van der Waals surface area contributed by atoms with Gasteiger partial charge in [-0.2, -0.15) is 0 Å². The normalized spacial score (nSPS) is 11.3. The van der Waals surface area contributed by atoms with Gasteiger partial charge in [-0.05, 0) is 29.6 Å². The lowest BCUT2D eigenvalue weighted by Gasteiger charge is -1.99. The van der Waals surface area contributed by atoms with Gasteiger partial charge < -0.3 is 10.6 Å². The van der Waals surface area contributed by atoms with Gasteiger partial charge in [0.15, 0.2) is 5.84 Å². The molecule has 1 heterocycles. The fourth-order valence-electron chi connectivity index (χ4n) is 1.23. The maximum atomic E-state index is 11.7. The van der Waals surface area contributed by atoms with E-state index in [1.165, 1.54) is 11.3 Å². The average molecular weight is 325 g/mol. The molecule has 0 aliphatic carbocycles. The molecule has 1 aromatic heterocycles. The molecule has 0 radical (unpaired) electrons. The van der Waals surface area contributed by atoms with E-state index in [4.69, 9.17) is 10.6 Å². The van der Waals surface area contributed by atoms with Crippen molar-refractivity contribution in [1.82, 2.24) is 0 Å². The summed E-state index contributed by atoms with van der Waals surface area (Å²) in [6.07, 6.45) is 0. The lowest BCUT2D eigenvalue weighted by atomic mass is 10.2. The zero-order valence-corrected chi connectivity index (χ0v) is 11.6. The number of nitrogens with zero attached hydrogens (tertiary/aromatic N) is 1. The Labute approximate surface area is 116 Å². The first-order valence-electron chi connectivity index (χ1n) is 5.01. The smallest absolute Gasteiger partial charge is 0.365 e. The molecule has 0 bridgehead atoms. The molecule has 0 atom stereocenters. The Morgan fingerprint density at radius 2 is 2.17 bits per heavy atom. The predicted molar refractivity (Wildman–Crippen MR) is 74.6 cm³/mol. The molecule has 0 aliphatic rings. The van der Waals surface area contributed by atoms with Gasteiger partial charge in [-0.1, -0.05) is 33.2 Å². The molecule has 0 aliphatic heterocycles. The summed E-state index contributed by atoms with van der Waals surface area (Å²) in [5, 5.41) is 5.48. The number of nitrogens with two attached hydrogens (primary N) is 1. The highest BCUT2D eigenvalue weighted by atomic mass is 79.9. The van der Waals surface area contributed by atoms with Crippen LogP contribution >= 0.6 is 27.3 Å². The van der Waals surface area contributed by atoms with E-state index in [0.29, 0.717) is 5.56 Å². The van der Waals surface area contributed by atoms with Gasteiger partial charge in [-0.15, -0.1) is 11.3 Å². The lowest BCUT2D eigenvalue weighted by Crippen LogP contribution is -2.13. The van der Waals surface area contributed by atoms with Gasteiger partial charge in [-0.3, -0.25) is 0 Å². The summed E-state index contributed by atoms with van der Waals surface area (Å²) in [6, 6.07) is 10.5. The monoisotopic (exact) mass is 324 g/mol. The quantitative estimate of drug-likeness (QED) is 0.408. The zero-order valence-electron chi connectivity index (χ0n) is 9.17. The third-order valence-electron chi connectivity index (χ3n) is 2.06. The molecular weight excluding hydrogens is 316 g/mol. The SMILES string of the molecule is N/C(=N\OC(=O)c1cccc(Br)c1)c1cccs1. The molecular formula is C12H9BrN2O2S. The van der Waals surface area contributed by atoms with Crippen LogP contribution in [0.15, 0.2) is 51.4 Å². The average Bonchev–Trinajstić information content (AvgIpc) is 2.89. The van der Waals surface area contributed by atoms with E-state index in [2.05, 4.69) is 21.1 Å². The molecule has 0 saturated carbocycles. The van der Waals surface area contributed by atoms with Gasteiger partial charge in [-0.25, -0.2) is 4.79 Å². The lowest BCUT2D eigenvalue weighted by molar-refractivity contribution is 0.0516. The molecule has 2 rings (SSSR count). The number of benzene rings is 1. The Morgan fingerprint density at radius 3 is 2.83 bits per heavy atom. The summed E-state index contributed by atoms with van der Waals surface area (Å²) in [4.78, 5) is 17.2. The van der Waals surface area contributed by atoms with E-state index >= 15 is 0 Å². The van der Waals surface area contributed by atoms with Crippen molar-refractivity contribution in [3.8, 4) is 0 Å². The second-order valence-corrected chi connectivity index (χ2v) is 5.21. The van der Waals surface area contributed by atoms with Gasteiger partial charge in [0.1, 0.15) is 0 Å². The maximum absolute atomic E-state index is 11.7. The van der Waals surface area contributed by atoms with Crippen LogP contribution < -0.4 is 5.73 Å². The summed E-state index contributed by atoms with van der Waals surface area (Å²) in [7, 11) is 0. The van der Waals surface area contributed by atoms with Crippen molar-refractivity contribution in [2.24, 2.45) is 10.9 Å². The van der Waals surface area contributed by atoms with E-state index in [9.17, 15) is 4.79 Å². The van der Waals surface area contributed by atoms with Crippen molar-refractivity contribution in [3.63, 3.8) is 0 Å². The number of hydrogen-bond donors (Lipinski definition) is 1. The van der Waals surface area contributed by atoms with E-state index in [1.807, 2.05) is 17.5 Å². The topological polar surface area (TPSA) is 64.7 Å². The van der Waals surface area contributed by atoms with Crippen LogP contribution in [0.4, 0.5) is 0 Å². The molecule has 18 heavy (non-hydrogen) atoms. The minimum atomic E-state index is -0.546. The van der Waals surface area contributed by atoms with E-state index in [-0.39, 0.29) is 5.84 Å². The Balaban J connectivity index is 2.07. The molecule has 2 aromatic rings. The van der Waals surface area contributed by atoms with Crippen LogP contribution in [0.5, 0.6) is 0 Å². The van der Waals surface area contributed by atoms with Crippen molar-refractivity contribution in [2.45, 2.75) is 0 Å². The summed E-state index contributed by atoms with van der Waals surface area (Å²) in [6.45, 7) is 0. The second-order valence-electron chi connectivity index (χ2n) is 3.34. The highest BCUT2D eigenvalue weighted by molar-refractivity contribution is 9.10. The number of carbonyl (C=O) groups excluding carboxylic acids is 1. The summed E-state index contributed by atoms with van der Waals surface area (Å²) >= 11 is 4.70. The van der Waals surface area contributed by atoms with Gasteiger partial charge in [0.05, 0.1) is 10.4 Å². The molecule has 0 spiro atoms. The minimum Gasteiger partial charge on any atom is -0.380 e. The number of carbonyl (C=O) groups is 1. The molecule has 0 fully saturated rings. The van der Waals surface area contributed by atoms with Crippen molar-refractivity contribution in [1.29, 1.82) is 0 Å². The van der Waals surface area contributed by atoms with Crippen LogP contribution in [-0.2, 0) is 4.84 Å². The number of rotatable bonds is 3. The molecule has 92 valence electrons. The Morgan fingerprint density at radius 1 is 1.33 bits per heavy atom. The van der Waals surface area contributed by atoms with Crippen LogP contribution in [0.3, 0.4) is 0 Å². The largest absolute Gasteiger partial charge is 0.380 e. The maximum Gasteiger partial charge on any atom is 0.365 e. The van der Waals surface area contributed by atoms with Crippen LogP contribution in [0, 0.1) is 0 Å². The van der Waals surface area contributed by atoms with Gasteiger partial charge in [0.25, 0.3) is 0 Å². The summed E-state index contributed by atoms with van der Waals surface area (Å²) in [5.74, 6) is -0.357. The molecule has 0 amide bonds. The highest BCUT2D eigenvalue weighted by Gasteiger charge is 2.08. The molecule has 0 saturated heterocycles. The Hall–Kier alpha value is -1.66. The Kier molecular flexibility index (Phi) is 4.11. The number of amidine groups is 1. The molecule has 0 unspecified atom stereocenters. The first-order chi connectivity index (χ1) is 8.66. The highest BCUT2D eigenvalue weighted by Crippen LogP contribution is 2.13. The molecule has 6 heteroatoms. The molecule has 4 nitrogen and oxygen atoms in total. The first-order valence-corrected chi connectivity index (χ1v) is 6.68. The first kappa shape index (κ1) is 12.8. The van der Waals surface area contributed by atoms with Crippen LogP contribution in [-0.4, -0.2) is 11.8 Å². The van der Waals surface area contributed by atoms with E-state index < -0.39 is 5.97 Å². The van der Waals surface area contributed by atoms with Crippen molar-refractivity contribution in [3.05, 3.63) is 56.7 Å². The number of halogens is 1. The molecule has 2 N–H and O–H groups in total.